The summed E-state index contributed by atoms with van der Waals surface area (Å²) in [6, 6.07) is 7.03. The third kappa shape index (κ3) is 5.05. The van der Waals surface area contributed by atoms with Gasteiger partial charge in [0.15, 0.2) is 5.78 Å². The van der Waals surface area contributed by atoms with Crippen LogP contribution >= 0.6 is 0 Å². The number of ketones is 1. The fourth-order valence-corrected chi connectivity index (χ4v) is 5.41. The Morgan fingerprint density at radius 1 is 1.06 bits per heavy atom. The van der Waals surface area contributed by atoms with Crippen LogP contribution < -0.4 is 10.1 Å². The zero-order chi connectivity index (χ0) is 23.8. The third-order valence-electron chi connectivity index (χ3n) is 6.84. The number of benzene rings is 1. The van der Waals surface area contributed by atoms with Crippen LogP contribution in [-0.4, -0.2) is 23.8 Å². The Morgan fingerprint density at radius 2 is 1.73 bits per heavy atom. The first kappa shape index (κ1) is 23.3. The van der Waals surface area contributed by atoms with Crippen molar-refractivity contribution < 1.29 is 23.9 Å². The fraction of sp³-hybridized carbons (Fsp3) is 0.519. The Hall–Kier alpha value is -2.89. The molecule has 176 valence electrons. The number of hydrogen-bond donors (Lipinski definition) is 1. The smallest absolute Gasteiger partial charge is 0.316 e. The summed E-state index contributed by atoms with van der Waals surface area (Å²) in [5.41, 5.74) is 2.70. The summed E-state index contributed by atoms with van der Waals surface area (Å²) >= 11 is 0. The second kappa shape index (κ2) is 9.16. The summed E-state index contributed by atoms with van der Waals surface area (Å²) < 4.78 is 11.1. The van der Waals surface area contributed by atoms with Crippen molar-refractivity contribution in [2.45, 2.75) is 77.7 Å². The molecule has 1 aromatic carbocycles. The molecular formula is C27H33NO5. The summed E-state index contributed by atoms with van der Waals surface area (Å²) in [4.78, 5) is 38.1. The molecule has 1 aromatic rings. The Kier molecular flexibility index (Phi) is 6.46. The molecule has 33 heavy (non-hydrogen) atoms. The summed E-state index contributed by atoms with van der Waals surface area (Å²) in [6.45, 7) is 9.68. The van der Waals surface area contributed by atoms with Gasteiger partial charge in [0.2, 0.25) is 0 Å². The van der Waals surface area contributed by atoms with Crippen LogP contribution in [0, 0.1) is 11.3 Å². The standard InChI is InChI=1S/C27H33NO5/c1-16-23(26(31)33-19-8-6-5-7-9-19)24(18-10-12-20(13-11-18)32-17(2)29)25-21(28-16)14-27(3,4)15-22(25)30/h10-13,19,23-24,28H,1,5-9,14-15H2,2-4H3. The van der Waals surface area contributed by atoms with Crippen LogP contribution in [0.15, 0.2) is 47.8 Å². The predicted octanol–water partition coefficient (Wildman–Crippen LogP) is 4.95. The van der Waals surface area contributed by atoms with Crippen molar-refractivity contribution in [1.29, 1.82) is 0 Å². The number of carbonyl (C=O) groups is 3. The monoisotopic (exact) mass is 451 g/mol. The molecule has 0 amide bonds. The number of rotatable bonds is 4. The van der Waals surface area contributed by atoms with Gasteiger partial charge in [-0.25, -0.2) is 0 Å². The first-order chi connectivity index (χ1) is 15.6. The molecule has 0 radical (unpaired) electrons. The molecule has 2 atom stereocenters. The summed E-state index contributed by atoms with van der Waals surface area (Å²) in [5, 5.41) is 3.30. The number of carbonyl (C=O) groups excluding carboxylic acids is 3. The van der Waals surface area contributed by atoms with E-state index in [0.29, 0.717) is 29.9 Å². The largest absolute Gasteiger partial charge is 0.462 e. The maximum atomic E-state index is 13.5. The molecule has 1 aliphatic heterocycles. The molecule has 2 unspecified atom stereocenters. The van der Waals surface area contributed by atoms with Crippen LogP contribution in [0.3, 0.4) is 0 Å². The van der Waals surface area contributed by atoms with E-state index in [1.54, 1.807) is 12.1 Å². The van der Waals surface area contributed by atoms with Gasteiger partial charge < -0.3 is 14.8 Å². The summed E-state index contributed by atoms with van der Waals surface area (Å²) in [6.07, 6.45) is 6.09. The van der Waals surface area contributed by atoms with Gasteiger partial charge in [0.25, 0.3) is 0 Å². The van der Waals surface area contributed by atoms with Crippen LogP contribution in [-0.2, 0) is 19.1 Å². The number of hydrogen-bond acceptors (Lipinski definition) is 6. The van der Waals surface area contributed by atoms with Gasteiger partial charge in [-0.2, -0.15) is 0 Å². The second-order valence-electron chi connectivity index (χ2n) is 10.3. The predicted molar refractivity (Wildman–Crippen MR) is 124 cm³/mol. The zero-order valence-corrected chi connectivity index (χ0v) is 19.7. The molecule has 6 nitrogen and oxygen atoms in total. The van der Waals surface area contributed by atoms with Crippen molar-refractivity contribution in [2.24, 2.45) is 11.3 Å². The maximum Gasteiger partial charge on any atom is 0.316 e. The van der Waals surface area contributed by atoms with Crippen LogP contribution in [0.2, 0.25) is 0 Å². The average molecular weight is 452 g/mol. The van der Waals surface area contributed by atoms with E-state index >= 15 is 0 Å². The Balaban J connectivity index is 1.72. The van der Waals surface area contributed by atoms with E-state index in [1.807, 2.05) is 12.1 Å². The Morgan fingerprint density at radius 3 is 2.36 bits per heavy atom. The average Bonchev–Trinajstić information content (AvgIpc) is 2.72. The van der Waals surface area contributed by atoms with Gasteiger partial charge in [-0.15, -0.1) is 0 Å². The van der Waals surface area contributed by atoms with Crippen molar-refractivity contribution in [3.05, 3.63) is 53.4 Å². The van der Waals surface area contributed by atoms with Gasteiger partial charge in [0, 0.05) is 36.2 Å². The second-order valence-corrected chi connectivity index (χ2v) is 10.3. The molecule has 0 saturated heterocycles. The van der Waals surface area contributed by atoms with Gasteiger partial charge in [-0.1, -0.05) is 39.0 Å². The van der Waals surface area contributed by atoms with Crippen molar-refractivity contribution in [2.75, 3.05) is 0 Å². The van der Waals surface area contributed by atoms with Crippen LogP contribution in [0.25, 0.3) is 0 Å². The fourth-order valence-electron chi connectivity index (χ4n) is 5.41. The lowest BCUT2D eigenvalue weighted by Crippen LogP contribution is -2.44. The molecule has 4 rings (SSSR count). The quantitative estimate of drug-likeness (QED) is 0.515. The minimum Gasteiger partial charge on any atom is -0.462 e. The van der Waals surface area contributed by atoms with E-state index in [9.17, 15) is 14.4 Å². The number of allylic oxidation sites excluding steroid dienone is 2. The highest BCUT2D eigenvalue weighted by Gasteiger charge is 2.47. The SMILES string of the molecule is C=C1NC2=C(C(=O)CC(C)(C)C2)C(c2ccc(OC(C)=O)cc2)C1C(=O)OC1CCCCC1. The highest BCUT2D eigenvalue weighted by molar-refractivity contribution is 6.00. The Labute approximate surface area is 195 Å². The normalized spacial score (nSPS) is 25.2. The van der Waals surface area contributed by atoms with E-state index < -0.39 is 17.8 Å². The lowest BCUT2D eigenvalue weighted by atomic mass is 9.66. The van der Waals surface area contributed by atoms with Gasteiger partial charge in [0.05, 0.1) is 0 Å². The van der Waals surface area contributed by atoms with E-state index in [4.69, 9.17) is 9.47 Å². The minimum absolute atomic E-state index is 0.0470. The Bertz CT molecular complexity index is 998. The van der Waals surface area contributed by atoms with Gasteiger partial charge in [-0.3, -0.25) is 14.4 Å². The van der Waals surface area contributed by atoms with Crippen LogP contribution in [0.1, 0.15) is 77.2 Å². The van der Waals surface area contributed by atoms with Crippen molar-refractivity contribution in [1.82, 2.24) is 5.32 Å². The van der Waals surface area contributed by atoms with Crippen molar-refractivity contribution in [3.8, 4) is 5.75 Å². The molecule has 6 heteroatoms. The van der Waals surface area contributed by atoms with Gasteiger partial charge in [-0.05, 0) is 55.2 Å². The molecule has 1 heterocycles. The molecule has 0 spiro atoms. The number of ether oxygens (including phenoxy) is 2. The van der Waals surface area contributed by atoms with E-state index in [1.165, 1.54) is 13.3 Å². The lowest BCUT2D eigenvalue weighted by Gasteiger charge is -2.42. The third-order valence-corrected chi connectivity index (χ3v) is 6.84. The first-order valence-corrected chi connectivity index (χ1v) is 11.9. The molecule has 1 fully saturated rings. The number of nitrogens with one attached hydrogen (secondary N) is 1. The lowest BCUT2D eigenvalue weighted by molar-refractivity contribution is -0.155. The zero-order valence-electron chi connectivity index (χ0n) is 19.7. The number of Topliss-reactive ketones (excluding diaryl/α,β-unsaturated/α-hetero) is 1. The topological polar surface area (TPSA) is 81.7 Å². The maximum absolute atomic E-state index is 13.5. The van der Waals surface area contributed by atoms with Gasteiger partial charge in [0.1, 0.15) is 17.8 Å². The van der Waals surface area contributed by atoms with Crippen LogP contribution in [0.5, 0.6) is 5.75 Å². The van der Waals surface area contributed by atoms with E-state index in [2.05, 4.69) is 25.7 Å². The molecule has 1 saturated carbocycles. The molecule has 0 bridgehead atoms. The highest BCUT2D eigenvalue weighted by Crippen LogP contribution is 2.48. The summed E-state index contributed by atoms with van der Waals surface area (Å²) in [7, 11) is 0. The first-order valence-electron chi connectivity index (χ1n) is 11.9. The summed E-state index contributed by atoms with van der Waals surface area (Å²) in [5.74, 6) is -1.45. The minimum atomic E-state index is -0.699. The number of esters is 2. The van der Waals surface area contributed by atoms with E-state index in [-0.39, 0.29) is 23.3 Å². The highest BCUT2D eigenvalue weighted by atomic mass is 16.5. The van der Waals surface area contributed by atoms with Gasteiger partial charge >= 0.3 is 11.9 Å². The molecular weight excluding hydrogens is 418 g/mol. The van der Waals surface area contributed by atoms with E-state index in [0.717, 1.165) is 36.9 Å². The van der Waals surface area contributed by atoms with Crippen molar-refractivity contribution >= 4 is 17.7 Å². The molecule has 3 aliphatic rings. The van der Waals surface area contributed by atoms with Crippen LogP contribution in [0.4, 0.5) is 0 Å². The molecule has 1 N–H and O–H groups in total. The van der Waals surface area contributed by atoms with Crippen molar-refractivity contribution in [3.63, 3.8) is 0 Å². The molecule has 0 aromatic heterocycles. The molecule has 2 aliphatic carbocycles.